The maximum Gasteiger partial charge on any atom is 0.310 e. The number of ether oxygens (including phenoxy) is 1. The van der Waals surface area contributed by atoms with Crippen LogP contribution in [0.1, 0.15) is 5.56 Å². The summed E-state index contributed by atoms with van der Waals surface area (Å²) in [7, 11) is 0. The third-order valence-corrected chi connectivity index (χ3v) is 1.62. The zero-order valence-electron chi connectivity index (χ0n) is 7.70. The third-order valence-electron chi connectivity index (χ3n) is 1.62. The van der Waals surface area contributed by atoms with E-state index in [0.29, 0.717) is 0 Å². The minimum absolute atomic E-state index is 0.161. The standard InChI is InChI=1S/C11H11FO2/c1-2-7-14-11(13)8-9-3-5-10(12)6-4-9/h2-6H,1,7-8H2. The van der Waals surface area contributed by atoms with Gasteiger partial charge in [-0.15, -0.1) is 0 Å². The molecule has 3 heteroatoms. The number of rotatable bonds is 4. The highest BCUT2D eigenvalue weighted by atomic mass is 19.1. The van der Waals surface area contributed by atoms with Crippen LogP contribution in [0.3, 0.4) is 0 Å². The lowest BCUT2D eigenvalue weighted by Crippen LogP contribution is -2.07. The Hall–Kier alpha value is -1.64. The zero-order chi connectivity index (χ0) is 10.4. The van der Waals surface area contributed by atoms with Crippen LogP contribution in [0, 0.1) is 5.82 Å². The molecular weight excluding hydrogens is 183 g/mol. The lowest BCUT2D eigenvalue weighted by molar-refractivity contribution is -0.141. The van der Waals surface area contributed by atoms with Gasteiger partial charge >= 0.3 is 5.97 Å². The molecule has 0 unspecified atom stereocenters. The Bertz CT molecular complexity index is 317. The molecule has 0 saturated heterocycles. The Kier molecular flexibility index (Phi) is 3.85. The molecule has 0 radical (unpaired) electrons. The second-order valence-electron chi connectivity index (χ2n) is 2.77. The van der Waals surface area contributed by atoms with Gasteiger partial charge in [0.05, 0.1) is 6.42 Å². The van der Waals surface area contributed by atoms with Crippen LogP contribution in [0.15, 0.2) is 36.9 Å². The molecule has 0 aromatic heterocycles. The summed E-state index contributed by atoms with van der Waals surface area (Å²) in [6.07, 6.45) is 1.66. The normalized spacial score (nSPS) is 9.50. The van der Waals surface area contributed by atoms with E-state index < -0.39 is 0 Å². The van der Waals surface area contributed by atoms with Crippen molar-refractivity contribution in [2.45, 2.75) is 6.42 Å². The van der Waals surface area contributed by atoms with E-state index in [4.69, 9.17) is 4.74 Å². The average Bonchev–Trinajstić information content (AvgIpc) is 2.18. The minimum atomic E-state index is -0.337. The number of hydrogen-bond donors (Lipinski definition) is 0. The van der Waals surface area contributed by atoms with Crippen molar-refractivity contribution in [3.05, 3.63) is 48.3 Å². The Balaban J connectivity index is 2.47. The highest BCUT2D eigenvalue weighted by Gasteiger charge is 2.03. The maximum atomic E-state index is 12.5. The number of hydrogen-bond acceptors (Lipinski definition) is 2. The fourth-order valence-electron chi connectivity index (χ4n) is 0.972. The van der Waals surface area contributed by atoms with E-state index >= 15 is 0 Å². The molecule has 1 rings (SSSR count). The molecule has 0 N–H and O–H groups in total. The molecule has 0 saturated carbocycles. The second kappa shape index (κ2) is 5.17. The van der Waals surface area contributed by atoms with Crippen LogP contribution in [0.2, 0.25) is 0 Å². The predicted octanol–water partition coefficient (Wildman–Crippen LogP) is 2.10. The van der Waals surface area contributed by atoms with Gasteiger partial charge in [-0.05, 0) is 17.7 Å². The molecule has 0 aliphatic rings. The van der Waals surface area contributed by atoms with Crippen molar-refractivity contribution >= 4 is 5.97 Å². The summed E-state index contributed by atoms with van der Waals surface area (Å²) in [5, 5.41) is 0. The first-order valence-corrected chi connectivity index (χ1v) is 4.23. The van der Waals surface area contributed by atoms with Gasteiger partial charge in [0.1, 0.15) is 12.4 Å². The van der Waals surface area contributed by atoms with Gasteiger partial charge in [-0.2, -0.15) is 0 Å². The topological polar surface area (TPSA) is 26.3 Å². The van der Waals surface area contributed by atoms with E-state index in [9.17, 15) is 9.18 Å². The predicted molar refractivity (Wildman–Crippen MR) is 51.3 cm³/mol. The van der Waals surface area contributed by atoms with E-state index in [1.807, 2.05) is 0 Å². The summed E-state index contributed by atoms with van der Waals surface area (Å²) >= 11 is 0. The molecular formula is C11H11FO2. The summed E-state index contributed by atoms with van der Waals surface area (Å²) in [5.74, 6) is -0.648. The van der Waals surface area contributed by atoms with E-state index in [-0.39, 0.29) is 24.8 Å². The zero-order valence-corrected chi connectivity index (χ0v) is 7.70. The molecule has 0 aliphatic carbocycles. The molecule has 0 spiro atoms. The van der Waals surface area contributed by atoms with Crippen molar-refractivity contribution in [2.24, 2.45) is 0 Å². The highest BCUT2D eigenvalue weighted by Crippen LogP contribution is 2.04. The molecule has 74 valence electrons. The summed E-state index contributed by atoms with van der Waals surface area (Å²) in [6, 6.07) is 5.75. The molecule has 0 aliphatic heterocycles. The largest absolute Gasteiger partial charge is 0.461 e. The van der Waals surface area contributed by atoms with Crippen LogP contribution in [0.5, 0.6) is 0 Å². The van der Waals surface area contributed by atoms with Crippen molar-refractivity contribution in [1.29, 1.82) is 0 Å². The molecule has 0 amide bonds. The van der Waals surface area contributed by atoms with Gasteiger partial charge in [-0.25, -0.2) is 4.39 Å². The van der Waals surface area contributed by atoms with Gasteiger partial charge in [-0.1, -0.05) is 24.8 Å². The van der Waals surface area contributed by atoms with Crippen LogP contribution < -0.4 is 0 Å². The van der Waals surface area contributed by atoms with Crippen molar-refractivity contribution in [2.75, 3.05) is 6.61 Å². The molecule has 1 aromatic carbocycles. The summed E-state index contributed by atoms with van der Waals surface area (Å²) < 4.78 is 17.3. The number of halogens is 1. The summed E-state index contributed by atoms with van der Waals surface area (Å²) in [6.45, 7) is 3.63. The maximum absolute atomic E-state index is 12.5. The minimum Gasteiger partial charge on any atom is -0.461 e. The third kappa shape index (κ3) is 3.39. The first-order valence-electron chi connectivity index (χ1n) is 4.23. The number of esters is 1. The smallest absolute Gasteiger partial charge is 0.310 e. The van der Waals surface area contributed by atoms with Crippen LogP contribution in [0.4, 0.5) is 4.39 Å². The number of benzene rings is 1. The van der Waals surface area contributed by atoms with Gasteiger partial charge in [-0.3, -0.25) is 4.79 Å². The Morgan fingerprint density at radius 3 is 2.64 bits per heavy atom. The molecule has 0 atom stereocenters. The first kappa shape index (κ1) is 10.4. The van der Waals surface area contributed by atoms with Crippen LogP contribution in [-0.2, 0) is 16.0 Å². The van der Waals surface area contributed by atoms with Gasteiger partial charge in [0.15, 0.2) is 0 Å². The number of carbonyl (C=O) groups excluding carboxylic acids is 1. The molecule has 2 nitrogen and oxygen atoms in total. The van der Waals surface area contributed by atoms with Crippen LogP contribution >= 0.6 is 0 Å². The van der Waals surface area contributed by atoms with Crippen molar-refractivity contribution in [3.63, 3.8) is 0 Å². The molecule has 0 bridgehead atoms. The first-order chi connectivity index (χ1) is 6.72. The van der Waals surface area contributed by atoms with Gasteiger partial charge in [0.25, 0.3) is 0 Å². The van der Waals surface area contributed by atoms with Gasteiger partial charge in [0.2, 0.25) is 0 Å². The molecule has 1 aromatic rings. The molecule has 0 heterocycles. The van der Waals surface area contributed by atoms with E-state index in [0.717, 1.165) is 5.56 Å². The Labute approximate surface area is 82.0 Å². The highest BCUT2D eigenvalue weighted by molar-refractivity contribution is 5.72. The van der Waals surface area contributed by atoms with Crippen molar-refractivity contribution < 1.29 is 13.9 Å². The summed E-state index contributed by atoms with van der Waals surface area (Å²) in [5.41, 5.74) is 0.737. The van der Waals surface area contributed by atoms with Crippen LogP contribution in [0.25, 0.3) is 0 Å². The molecule has 14 heavy (non-hydrogen) atoms. The van der Waals surface area contributed by atoms with Crippen molar-refractivity contribution in [3.8, 4) is 0 Å². The van der Waals surface area contributed by atoms with Crippen LogP contribution in [-0.4, -0.2) is 12.6 Å². The lowest BCUT2D eigenvalue weighted by Gasteiger charge is -2.01. The Morgan fingerprint density at radius 1 is 1.43 bits per heavy atom. The Morgan fingerprint density at radius 2 is 2.07 bits per heavy atom. The monoisotopic (exact) mass is 194 g/mol. The van der Waals surface area contributed by atoms with E-state index in [1.165, 1.54) is 18.2 Å². The SMILES string of the molecule is C=CCOC(=O)Cc1ccc(F)cc1. The van der Waals surface area contributed by atoms with Crippen molar-refractivity contribution in [1.82, 2.24) is 0 Å². The fourth-order valence-corrected chi connectivity index (χ4v) is 0.972. The second-order valence-corrected chi connectivity index (χ2v) is 2.77. The average molecular weight is 194 g/mol. The number of carbonyl (C=O) groups is 1. The van der Waals surface area contributed by atoms with Gasteiger partial charge in [0, 0.05) is 0 Å². The molecule has 0 fully saturated rings. The van der Waals surface area contributed by atoms with E-state index in [2.05, 4.69) is 6.58 Å². The summed E-state index contributed by atoms with van der Waals surface area (Å²) in [4.78, 5) is 11.1. The van der Waals surface area contributed by atoms with Gasteiger partial charge < -0.3 is 4.74 Å². The lowest BCUT2D eigenvalue weighted by atomic mass is 10.1. The quantitative estimate of drug-likeness (QED) is 0.542. The fraction of sp³-hybridized carbons (Fsp3) is 0.182. The van der Waals surface area contributed by atoms with E-state index in [1.54, 1.807) is 12.1 Å².